The van der Waals surface area contributed by atoms with Crippen LogP contribution in [0.25, 0.3) is 0 Å². The molecule has 158 valence electrons. The molecule has 0 aromatic heterocycles. The number of benzene rings is 2. The average molecular weight is 415 g/mol. The monoisotopic (exact) mass is 415 g/mol. The van der Waals surface area contributed by atoms with Gasteiger partial charge in [0.05, 0.1) is 18.1 Å². The first-order valence-electron chi connectivity index (χ1n) is 9.35. The van der Waals surface area contributed by atoms with Crippen molar-refractivity contribution in [3.63, 3.8) is 0 Å². The minimum atomic E-state index is -0.778. The van der Waals surface area contributed by atoms with Crippen molar-refractivity contribution in [2.24, 2.45) is 0 Å². The molecule has 1 aliphatic rings. The Balaban J connectivity index is 1.67. The van der Waals surface area contributed by atoms with Gasteiger partial charge in [-0.05, 0) is 31.0 Å². The van der Waals surface area contributed by atoms with E-state index in [1.165, 1.54) is 24.3 Å². The first kappa shape index (κ1) is 21.4. The van der Waals surface area contributed by atoms with Gasteiger partial charge in [0.25, 0.3) is 5.69 Å². The summed E-state index contributed by atoms with van der Waals surface area (Å²) in [5, 5.41) is 16.6. The number of rotatable bonds is 7. The molecule has 1 atom stereocenters. The van der Waals surface area contributed by atoms with E-state index in [0.29, 0.717) is 36.6 Å². The van der Waals surface area contributed by atoms with Crippen LogP contribution in [0.3, 0.4) is 0 Å². The maximum atomic E-state index is 12.3. The number of nitrogens with one attached hydrogen (secondary N) is 2. The SMILES string of the molecule is O=Cc1cccc(NC(=O)Oc2ccc([N+](=O)[O-])cc2)c1CNC1CCCOOC1. The van der Waals surface area contributed by atoms with Gasteiger partial charge in [0.2, 0.25) is 0 Å². The molecule has 0 spiro atoms. The van der Waals surface area contributed by atoms with E-state index in [2.05, 4.69) is 10.6 Å². The fourth-order valence-electron chi connectivity index (χ4n) is 2.98. The van der Waals surface area contributed by atoms with Crippen molar-refractivity contribution < 1.29 is 29.0 Å². The number of non-ortho nitro benzene ring substituents is 1. The van der Waals surface area contributed by atoms with E-state index in [-0.39, 0.29) is 17.5 Å². The topological polar surface area (TPSA) is 129 Å². The van der Waals surface area contributed by atoms with Crippen molar-refractivity contribution in [1.29, 1.82) is 0 Å². The van der Waals surface area contributed by atoms with Crippen LogP contribution in [0.2, 0.25) is 0 Å². The summed E-state index contributed by atoms with van der Waals surface area (Å²) in [5.41, 5.74) is 1.35. The third kappa shape index (κ3) is 5.83. The predicted molar refractivity (Wildman–Crippen MR) is 106 cm³/mol. The molecule has 0 saturated carbocycles. The molecule has 0 radical (unpaired) electrons. The van der Waals surface area contributed by atoms with Crippen LogP contribution >= 0.6 is 0 Å². The lowest BCUT2D eigenvalue weighted by atomic mass is 10.0. The number of amides is 1. The number of hydrogen-bond acceptors (Lipinski definition) is 8. The lowest BCUT2D eigenvalue weighted by Crippen LogP contribution is -2.32. The molecule has 30 heavy (non-hydrogen) atoms. The smallest absolute Gasteiger partial charge is 0.410 e. The van der Waals surface area contributed by atoms with Gasteiger partial charge in [-0.25, -0.2) is 14.6 Å². The number of nitrogens with zero attached hydrogens (tertiary/aromatic N) is 1. The highest BCUT2D eigenvalue weighted by Crippen LogP contribution is 2.22. The molecule has 10 nitrogen and oxygen atoms in total. The zero-order chi connectivity index (χ0) is 21.3. The fourth-order valence-corrected chi connectivity index (χ4v) is 2.98. The Labute approximate surface area is 172 Å². The zero-order valence-electron chi connectivity index (χ0n) is 16.0. The van der Waals surface area contributed by atoms with Crippen LogP contribution in [-0.2, 0) is 16.3 Å². The van der Waals surface area contributed by atoms with E-state index >= 15 is 0 Å². The molecule has 1 saturated heterocycles. The van der Waals surface area contributed by atoms with Crippen molar-refractivity contribution in [3.8, 4) is 5.75 Å². The summed E-state index contributed by atoms with van der Waals surface area (Å²) in [4.78, 5) is 44.0. The molecule has 1 heterocycles. The molecule has 0 bridgehead atoms. The minimum absolute atomic E-state index is 0.0483. The van der Waals surface area contributed by atoms with Crippen LogP contribution in [0.15, 0.2) is 42.5 Å². The largest absolute Gasteiger partial charge is 0.417 e. The molecule has 1 fully saturated rings. The van der Waals surface area contributed by atoms with Gasteiger partial charge in [-0.2, -0.15) is 0 Å². The highest BCUT2D eigenvalue weighted by molar-refractivity contribution is 5.90. The van der Waals surface area contributed by atoms with Gasteiger partial charge in [-0.3, -0.25) is 20.2 Å². The number of hydrogen-bond donors (Lipinski definition) is 2. The summed E-state index contributed by atoms with van der Waals surface area (Å²) in [6.07, 6.45) is 1.64. The number of nitro benzene ring substituents is 1. The Bertz CT molecular complexity index is 894. The van der Waals surface area contributed by atoms with Crippen molar-refractivity contribution in [1.82, 2.24) is 5.32 Å². The minimum Gasteiger partial charge on any atom is -0.410 e. The summed E-state index contributed by atoms with van der Waals surface area (Å²) in [7, 11) is 0. The lowest BCUT2D eigenvalue weighted by Gasteiger charge is -2.18. The van der Waals surface area contributed by atoms with Gasteiger partial charge in [0.15, 0.2) is 0 Å². The maximum absolute atomic E-state index is 12.3. The average Bonchev–Trinajstić information content (AvgIpc) is 3.02. The summed E-state index contributed by atoms with van der Waals surface area (Å²) >= 11 is 0. The Kier molecular flexibility index (Phi) is 7.44. The molecule has 0 aliphatic carbocycles. The third-order valence-corrected chi connectivity index (χ3v) is 4.53. The number of carbonyl (C=O) groups excluding carboxylic acids is 2. The van der Waals surface area contributed by atoms with Crippen molar-refractivity contribution in [2.45, 2.75) is 25.4 Å². The van der Waals surface area contributed by atoms with Crippen LogP contribution in [0.5, 0.6) is 5.75 Å². The Morgan fingerprint density at radius 1 is 1.23 bits per heavy atom. The molecule has 2 N–H and O–H groups in total. The molecular formula is C20H21N3O7. The second kappa shape index (κ2) is 10.4. The third-order valence-electron chi connectivity index (χ3n) is 4.53. The molecule has 1 amide bonds. The van der Waals surface area contributed by atoms with E-state index in [9.17, 15) is 19.7 Å². The van der Waals surface area contributed by atoms with Crippen LogP contribution in [-0.4, -0.2) is 36.6 Å². The Hall–Kier alpha value is -3.34. The van der Waals surface area contributed by atoms with Crippen LogP contribution in [0.1, 0.15) is 28.8 Å². The molecule has 10 heteroatoms. The van der Waals surface area contributed by atoms with Crippen molar-refractivity contribution >= 4 is 23.8 Å². The van der Waals surface area contributed by atoms with E-state index in [1.54, 1.807) is 18.2 Å². The first-order chi connectivity index (χ1) is 14.6. The predicted octanol–water partition coefficient (Wildman–Crippen LogP) is 3.22. The van der Waals surface area contributed by atoms with Crippen molar-refractivity contribution in [3.05, 3.63) is 63.7 Å². The molecule has 2 aromatic rings. The summed E-state index contributed by atoms with van der Waals surface area (Å²) in [6, 6.07) is 10.2. The maximum Gasteiger partial charge on any atom is 0.417 e. The molecular weight excluding hydrogens is 394 g/mol. The Morgan fingerprint density at radius 2 is 2.03 bits per heavy atom. The van der Waals surface area contributed by atoms with Crippen LogP contribution in [0, 0.1) is 10.1 Å². The van der Waals surface area contributed by atoms with E-state index < -0.39 is 11.0 Å². The van der Waals surface area contributed by atoms with Gasteiger partial charge in [0, 0.05) is 41.5 Å². The number of nitro groups is 1. The highest BCUT2D eigenvalue weighted by Gasteiger charge is 2.17. The fraction of sp³-hybridized carbons (Fsp3) is 0.300. The quantitative estimate of drug-likeness (QED) is 0.305. The number of carbonyl (C=O) groups is 2. The van der Waals surface area contributed by atoms with E-state index in [4.69, 9.17) is 14.5 Å². The normalized spacial score (nSPS) is 16.3. The molecule has 3 rings (SSSR count). The van der Waals surface area contributed by atoms with Gasteiger partial charge in [-0.1, -0.05) is 12.1 Å². The lowest BCUT2D eigenvalue weighted by molar-refractivity contribution is -0.384. The molecule has 2 aromatic carbocycles. The standard InChI is InChI=1S/C20H21N3O7/c24-12-14-3-1-5-19(18(14)11-21-15-4-2-10-28-29-13-15)22-20(25)30-17-8-6-16(7-9-17)23(26)27/h1,3,5-9,12,15,21H,2,4,10-11,13H2,(H,22,25). The molecule has 1 aliphatic heterocycles. The van der Waals surface area contributed by atoms with Crippen molar-refractivity contribution in [2.75, 3.05) is 18.5 Å². The number of ether oxygens (including phenoxy) is 1. The van der Waals surface area contributed by atoms with Gasteiger partial charge in [0.1, 0.15) is 12.0 Å². The van der Waals surface area contributed by atoms with Gasteiger partial charge in [-0.15, -0.1) is 0 Å². The summed E-state index contributed by atoms with van der Waals surface area (Å²) < 4.78 is 5.17. The Morgan fingerprint density at radius 3 is 2.77 bits per heavy atom. The first-order valence-corrected chi connectivity index (χ1v) is 9.35. The van der Waals surface area contributed by atoms with E-state index in [1.807, 2.05) is 0 Å². The van der Waals surface area contributed by atoms with Gasteiger partial charge >= 0.3 is 6.09 Å². The second-order valence-corrected chi connectivity index (χ2v) is 6.58. The summed E-state index contributed by atoms with van der Waals surface area (Å²) in [5.74, 6) is 0.153. The summed E-state index contributed by atoms with van der Waals surface area (Å²) in [6.45, 7) is 1.24. The number of anilines is 1. The molecule has 1 unspecified atom stereocenters. The van der Waals surface area contributed by atoms with Crippen LogP contribution < -0.4 is 15.4 Å². The highest BCUT2D eigenvalue weighted by atomic mass is 17.2. The second-order valence-electron chi connectivity index (χ2n) is 6.58. The van der Waals surface area contributed by atoms with E-state index in [0.717, 1.165) is 19.1 Å². The number of aldehydes is 1. The van der Waals surface area contributed by atoms with Crippen LogP contribution in [0.4, 0.5) is 16.2 Å². The zero-order valence-corrected chi connectivity index (χ0v) is 16.0. The van der Waals surface area contributed by atoms with Gasteiger partial charge < -0.3 is 10.1 Å².